The van der Waals surface area contributed by atoms with Crippen LogP contribution in [0.15, 0.2) is 22.6 Å². The summed E-state index contributed by atoms with van der Waals surface area (Å²) in [6.07, 6.45) is 0.157. The number of ether oxygens (including phenoxy) is 1. The van der Waals surface area contributed by atoms with E-state index in [1.54, 1.807) is 14.0 Å². The van der Waals surface area contributed by atoms with Gasteiger partial charge in [-0.2, -0.15) is 0 Å². The van der Waals surface area contributed by atoms with Crippen molar-refractivity contribution < 1.29 is 13.9 Å². The lowest BCUT2D eigenvalue weighted by Crippen LogP contribution is -2.15. The summed E-state index contributed by atoms with van der Waals surface area (Å²) in [5.74, 6) is 1.63. The molecule has 0 aliphatic heterocycles. The lowest BCUT2D eigenvalue weighted by molar-refractivity contribution is -0.115. The van der Waals surface area contributed by atoms with Crippen LogP contribution < -0.4 is 10.1 Å². The van der Waals surface area contributed by atoms with Crippen molar-refractivity contribution in [3.8, 4) is 5.75 Å². The number of amides is 1. The van der Waals surface area contributed by atoms with Crippen molar-refractivity contribution in [2.75, 3.05) is 12.4 Å². The van der Waals surface area contributed by atoms with Crippen molar-refractivity contribution in [1.29, 1.82) is 0 Å². The minimum Gasteiger partial charge on any atom is -0.495 e. The molecule has 1 amide bonds. The van der Waals surface area contributed by atoms with Crippen LogP contribution in [0.1, 0.15) is 22.9 Å². The number of aromatic nitrogens is 1. The van der Waals surface area contributed by atoms with Gasteiger partial charge in [0.05, 0.1) is 24.9 Å². The number of oxazole rings is 1. The molecule has 5 heteroatoms. The van der Waals surface area contributed by atoms with Crippen molar-refractivity contribution in [3.05, 3.63) is 41.1 Å². The van der Waals surface area contributed by atoms with Crippen LogP contribution in [0.25, 0.3) is 0 Å². The van der Waals surface area contributed by atoms with E-state index in [1.165, 1.54) is 0 Å². The van der Waals surface area contributed by atoms with Crippen LogP contribution in [0.4, 0.5) is 5.69 Å². The zero-order chi connectivity index (χ0) is 14.7. The number of rotatable bonds is 4. The number of carbonyl (C=O) groups is 1. The normalized spacial score (nSPS) is 10.4. The third-order valence-electron chi connectivity index (χ3n) is 2.95. The van der Waals surface area contributed by atoms with Gasteiger partial charge in [0.15, 0.2) is 5.89 Å². The fourth-order valence-corrected chi connectivity index (χ4v) is 2.00. The largest absolute Gasteiger partial charge is 0.495 e. The first-order valence-corrected chi connectivity index (χ1v) is 6.37. The zero-order valence-electron chi connectivity index (χ0n) is 12.1. The van der Waals surface area contributed by atoms with Gasteiger partial charge in [-0.3, -0.25) is 4.79 Å². The van der Waals surface area contributed by atoms with E-state index < -0.39 is 0 Å². The Morgan fingerprint density at radius 3 is 2.70 bits per heavy atom. The van der Waals surface area contributed by atoms with Crippen LogP contribution in [0.5, 0.6) is 5.75 Å². The van der Waals surface area contributed by atoms with E-state index in [4.69, 9.17) is 9.15 Å². The number of carbonyl (C=O) groups excluding carboxylic acids is 1. The molecule has 0 radical (unpaired) electrons. The smallest absolute Gasteiger partial charge is 0.232 e. The summed E-state index contributed by atoms with van der Waals surface area (Å²) in [6.45, 7) is 5.55. The maximum atomic E-state index is 12.1. The molecule has 20 heavy (non-hydrogen) atoms. The van der Waals surface area contributed by atoms with E-state index in [1.807, 2.05) is 32.0 Å². The molecule has 0 aliphatic rings. The highest BCUT2D eigenvalue weighted by molar-refractivity contribution is 5.93. The van der Waals surface area contributed by atoms with Crippen molar-refractivity contribution in [3.63, 3.8) is 0 Å². The Balaban J connectivity index is 2.12. The van der Waals surface area contributed by atoms with E-state index in [9.17, 15) is 4.79 Å². The van der Waals surface area contributed by atoms with Gasteiger partial charge in [-0.05, 0) is 31.5 Å². The zero-order valence-corrected chi connectivity index (χ0v) is 12.1. The number of anilines is 1. The fraction of sp³-hybridized carbons (Fsp3) is 0.333. The van der Waals surface area contributed by atoms with Gasteiger partial charge in [-0.1, -0.05) is 6.07 Å². The Labute approximate surface area is 118 Å². The van der Waals surface area contributed by atoms with Crippen LogP contribution >= 0.6 is 0 Å². The number of aryl methyl sites for hydroxylation is 3. The Morgan fingerprint density at radius 1 is 1.35 bits per heavy atom. The Bertz CT molecular complexity index is 632. The average molecular weight is 274 g/mol. The number of hydrogen-bond donors (Lipinski definition) is 1. The average Bonchev–Trinajstić information content (AvgIpc) is 2.68. The standard InChI is InChI=1S/C15H18N2O3/c1-9-5-6-13(19-4)12(7-9)17-15(18)8-14-10(2)16-11(3)20-14/h5-7H,8H2,1-4H3,(H,17,18). The lowest BCUT2D eigenvalue weighted by atomic mass is 10.2. The molecular weight excluding hydrogens is 256 g/mol. The molecule has 1 aromatic heterocycles. The molecule has 5 nitrogen and oxygen atoms in total. The second-order valence-electron chi connectivity index (χ2n) is 4.67. The summed E-state index contributed by atoms with van der Waals surface area (Å²) < 4.78 is 10.6. The number of methoxy groups -OCH3 is 1. The minimum absolute atomic E-state index is 0.157. The van der Waals surface area contributed by atoms with E-state index in [-0.39, 0.29) is 12.3 Å². The first-order valence-electron chi connectivity index (χ1n) is 6.37. The van der Waals surface area contributed by atoms with Gasteiger partial charge in [-0.25, -0.2) is 4.98 Å². The van der Waals surface area contributed by atoms with Gasteiger partial charge in [0.1, 0.15) is 11.5 Å². The Morgan fingerprint density at radius 2 is 2.10 bits per heavy atom. The molecule has 0 fully saturated rings. The van der Waals surface area contributed by atoms with Gasteiger partial charge in [0, 0.05) is 6.92 Å². The first kappa shape index (κ1) is 14.1. The molecule has 1 heterocycles. The molecule has 2 rings (SSSR count). The summed E-state index contributed by atoms with van der Waals surface area (Å²) in [5, 5.41) is 2.84. The topological polar surface area (TPSA) is 64.4 Å². The van der Waals surface area contributed by atoms with Crippen LogP contribution in [0.2, 0.25) is 0 Å². The quantitative estimate of drug-likeness (QED) is 0.931. The molecule has 0 bridgehead atoms. The van der Waals surface area contributed by atoms with Crippen molar-refractivity contribution in [1.82, 2.24) is 4.98 Å². The number of benzene rings is 1. The number of nitrogens with one attached hydrogen (secondary N) is 1. The van der Waals surface area contributed by atoms with E-state index in [0.29, 0.717) is 23.1 Å². The number of hydrogen-bond acceptors (Lipinski definition) is 4. The van der Waals surface area contributed by atoms with Gasteiger partial charge in [-0.15, -0.1) is 0 Å². The molecule has 0 spiro atoms. The van der Waals surface area contributed by atoms with Crippen LogP contribution in [0, 0.1) is 20.8 Å². The maximum absolute atomic E-state index is 12.1. The maximum Gasteiger partial charge on any atom is 0.232 e. The molecule has 0 saturated carbocycles. The van der Waals surface area contributed by atoms with Gasteiger partial charge in [0.2, 0.25) is 5.91 Å². The predicted molar refractivity (Wildman–Crippen MR) is 76.0 cm³/mol. The lowest BCUT2D eigenvalue weighted by Gasteiger charge is -2.10. The molecule has 106 valence electrons. The van der Waals surface area contributed by atoms with Crippen molar-refractivity contribution in [2.24, 2.45) is 0 Å². The Hall–Kier alpha value is -2.30. The Kier molecular flexibility index (Phi) is 4.08. The molecular formula is C15H18N2O3. The van der Waals surface area contributed by atoms with E-state index in [0.717, 1.165) is 11.3 Å². The second-order valence-corrected chi connectivity index (χ2v) is 4.67. The minimum atomic E-state index is -0.159. The summed E-state index contributed by atoms with van der Waals surface area (Å²) in [5.41, 5.74) is 2.45. The fourth-order valence-electron chi connectivity index (χ4n) is 2.00. The van der Waals surface area contributed by atoms with Crippen LogP contribution in [-0.2, 0) is 11.2 Å². The highest BCUT2D eigenvalue weighted by Gasteiger charge is 2.13. The summed E-state index contributed by atoms with van der Waals surface area (Å²) in [4.78, 5) is 16.2. The van der Waals surface area contributed by atoms with Crippen LogP contribution in [0.3, 0.4) is 0 Å². The molecule has 2 aromatic rings. The molecule has 1 aromatic carbocycles. The van der Waals surface area contributed by atoms with E-state index in [2.05, 4.69) is 10.3 Å². The third kappa shape index (κ3) is 3.17. The van der Waals surface area contributed by atoms with E-state index >= 15 is 0 Å². The predicted octanol–water partition coefficient (Wildman–Crippen LogP) is 2.79. The monoisotopic (exact) mass is 274 g/mol. The summed E-state index contributed by atoms with van der Waals surface area (Å²) >= 11 is 0. The molecule has 0 atom stereocenters. The highest BCUT2D eigenvalue weighted by Crippen LogP contribution is 2.25. The van der Waals surface area contributed by atoms with Gasteiger partial charge in [0.25, 0.3) is 0 Å². The molecule has 0 aliphatic carbocycles. The first-order chi connectivity index (χ1) is 9.49. The van der Waals surface area contributed by atoms with Crippen molar-refractivity contribution >= 4 is 11.6 Å². The summed E-state index contributed by atoms with van der Waals surface area (Å²) in [7, 11) is 1.57. The van der Waals surface area contributed by atoms with Gasteiger partial charge >= 0.3 is 0 Å². The van der Waals surface area contributed by atoms with Crippen LogP contribution in [-0.4, -0.2) is 18.0 Å². The molecule has 1 N–H and O–H groups in total. The second kappa shape index (κ2) is 5.77. The third-order valence-corrected chi connectivity index (χ3v) is 2.95. The molecule has 0 saturated heterocycles. The number of nitrogens with zero attached hydrogens (tertiary/aromatic N) is 1. The van der Waals surface area contributed by atoms with Gasteiger partial charge < -0.3 is 14.5 Å². The highest BCUT2D eigenvalue weighted by atomic mass is 16.5. The SMILES string of the molecule is COc1ccc(C)cc1NC(=O)Cc1oc(C)nc1C. The summed E-state index contributed by atoms with van der Waals surface area (Å²) in [6, 6.07) is 5.63. The van der Waals surface area contributed by atoms with Crippen molar-refractivity contribution in [2.45, 2.75) is 27.2 Å². The molecule has 0 unspecified atom stereocenters.